The van der Waals surface area contributed by atoms with E-state index in [1.807, 2.05) is 17.7 Å². The van der Waals surface area contributed by atoms with E-state index in [0.717, 1.165) is 5.69 Å². The van der Waals surface area contributed by atoms with Gasteiger partial charge in [0.2, 0.25) is 11.8 Å². The van der Waals surface area contributed by atoms with Gasteiger partial charge in [-0.05, 0) is 13.0 Å². The Morgan fingerprint density at radius 1 is 1.55 bits per heavy atom. The molecule has 2 amide bonds. The number of fused-ring (bicyclic) bond motifs is 1. The van der Waals surface area contributed by atoms with Crippen molar-refractivity contribution in [1.82, 2.24) is 20.0 Å². The Labute approximate surface area is 117 Å². The van der Waals surface area contributed by atoms with E-state index in [1.165, 1.54) is 0 Å². The molecule has 1 aliphatic rings. The second kappa shape index (κ2) is 6.51. The maximum Gasteiger partial charge on any atom is 0.248 e. The molecule has 0 spiro atoms. The smallest absolute Gasteiger partial charge is 0.248 e. The summed E-state index contributed by atoms with van der Waals surface area (Å²) in [5, 5.41) is 6.85. The van der Waals surface area contributed by atoms with Crippen molar-refractivity contribution in [3.05, 3.63) is 18.0 Å². The fourth-order valence-corrected chi connectivity index (χ4v) is 2.33. The summed E-state index contributed by atoms with van der Waals surface area (Å²) in [6.45, 7) is 3.44. The normalized spacial score (nSPS) is 17.7. The van der Waals surface area contributed by atoms with Crippen LogP contribution in [0.3, 0.4) is 0 Å². The summed E-state index contributed by atoms with van der Waals surface area (Å²) in [5.41, 5.74) is 0.940. The molecule has 1 aromatic rings. The Balaban J connectivity index is 2.09. The van der Waals surface area contributed by atoms with Gasteiger partial charge in [-0.1, -0.05) is 0 Å². The van der Waals surface area contributed by atoms with Gasteiger partial charge < -0.3 is 15.0 Å². The molecule has 110 valence electrons. The average molecular weight is 280 g/mol. The van der Waals surface area contributed by atoms with Gasteiger partial charge in [-0.3, -0.25) is 14.3 Å². The Morgan fingerprint density at radius 2 is 2.35 bits per heavy atom. The van der Waals surface area contributed by atoms with E-state index in [-0.39, 0.29) is 24.5 Å². The molecule has 0 bridgehead atoms. The molecule has 1 atom stereocenters. The van der Waals surface area contributed by atoms with Crippen LogP contribution in [0.25, 0.3) is 0 Å². The Hall–Kier alpha value is -1.89. The molecule has 2 heterocycles. The molecular weight excluding hydrogens is 260 g/mol. The summed E-state index contributed by atoms with van der Waals surface area (Å²) < 4.78 is 7.00. The SMILES string of the molecule is CCOCC(=O)N1Cc2ccnn2C(CC(=O)NC)C1. The van der Waals surface area contributed by atoms with Gasteiger partial charge in [0.25, 0.3) is 0 Å². The first kappa shape index (κ1) is 14.5. The average Bonchev–Trinajstić information content (AvgIpc) is 2.93. The molecule has 0 radical (unpaired) electrons. The van der Waals surface area contributed by atoms with E-state index >= 15 is 0 Å². The van der Waals surface area contributed by atoms with Gasteiger partial charge in [-0.25, -0.2) is 0 Å². The molecule has 0 aromatic carbocycles. The molecule has 7 nitrogen and oxygen atoms in total. The van der Waals surface area contributed by atoms with Crippen LogP contribution in [0.1, 0.15) is 25.1 Å². The fraction of sp³-hybridized carbons (Fsp3) is 0.615. The molecule has 0 aliphatic carbocycles. The second-order valence-electron chi connectivity index (χ2n) is 4.71. The van der Waals surface area contributed by atoms with Gasteiger partial charge in [-0.15, -0.1) is 0 Å². The van der Waals surface area contributed by atoms with Crippen molar-refractivity contribution < 1.29 is 14.3 Å². The van der Waals surface area contributed by atoms with Crippen molar-refractivity contribution in [3.63, 3.8) is 0 Å². The summed E-state index contributed by atoms with van der Waals surface area (Å²) in [6, 6.07) is 1.75. The van der Waals surface area contributed by atoms with E-state index in [9.17, 15) is 9.59 Å². The highest BCUT2D eigenvalue weighted by Crippen LogP contribution is 2.22. The second-order valence-corrected chi connectivity index (χ2v) is 4.71. The number of amides is 2. The molecule has 1 aliphatic heterocycles. The predicted octanol–water partition coefficient (Wildman–Crippen LogP) is -0.0610. The number of carbonyl (C=O) groups is 2. The van der Waals surface area contributed by atoms with E-state index < -0.39 is 0 Å². The summed E-state index contributed by atoms with van der Waals surface area (Å²) in [5.74, 6) is -0.114. The van der Waals surface area contributed by atoms with Crippen molar-refractivity contribution >= 4 is 11.8 Å². The molecule has 7 heteroatoms. The van der Waals surface area contributed by atoms with Crippen LogP contribution in [-0.4, -0.2) is 53.3 Å². The predicted molar refractivity (Wildman–Crippen MR) is 71.9 cm³/mol. The number of nitrogens with zero attached hydrogens (tertiary/aromatic N) is 3. The fourth-order valence-electron chi connectivity index (χ4n) is 2.33. The summed E-state index contributed by atoms with van der Waals surface area (Å²) in [7, 11) is 1.60. The third kappa shape index (κ3) is 3.16. The zero-order valence-corrected chi connectivity index (χ0v) is 11.8. The summed E-state index contributed by atoms with van der Waals surface area (Å²) >= 11 is 0. The lowest BCUT2D eigenvalue weighted by Gasteiger charge is -2.33. The standard InChI is InChI=1S/C13H20N4O3/c1-3-20-9-13(19)16-7-10-4-5-15-17(10)11(8-16)6-12(18)14-2/h4-5,11H,3,6-9H2,1-2H3,(H,14,18). The van der Waals surface area contributed by atoms with Crippen LogP contribution in [0.4, 0.5) is 0 Å². The van der Waals surface area contributed by atoms with Gasteiger partial charge in [0, 0.05) is 26.4 Å². The minimum absolute atomic E-state index is 0.0544. The monoisotopic (exact) mass is 280 g/mol. The first-order chi connectivity index (χ1) is 9.65. The van der Waals surface area contributed by atoms with Crippen LogP contribution >= 0.6 is 0 Å². The van der Waals surface area contributed by atoms with Gasteiger partial charge >= 0.3 is 0 Å². The van der Waals surface area contributed by atoms with Crippen LogP contribution in [-0.2, 0) is 20.9 Å². The Bertz CT molecular complexity index is 486. The van der Waals surface area contributed by atoms with Crippen molar-refractivity contribution in [1.29, 1.82) is 0 Å². The highest BCUT2D eigenvalue weighted by molar-refractivity contribution is 5.78. The topological polar surface area (TPSA) is 76.5 Å². The van der Waals surface area contributed by atoms with Crippen LogP contribution in [0.15, 0.2) is 12.3 Å². The van der Waals surface area contributed by atoms with Gasteiger partial charge in [0.1, 0.15) is 6.61 Å². The van der Waals surface area contributed by atoms with Gasteiger partial charge in [-0.2, -0.15) is 5.10 Å². The van der Waals surface area contributed by atoms with Crippen molar-refractivity contribution in [2.24, 2.45) is 0 Å². The third-order valence-corrected chi connectivity index (χ3v) is 3.36. The zero-order chi connectivity index (χ0) is 14.5. The number of hydrogen-bond donors (Lipinski definition) is 1. The van der Waals surface area contributed by atoms with E-state index in [1.54, 1.807) is 18.1 Å². The van der Waals surface area contributed by atoms with E-state index in [4.69, 9.17) is 4.74 Å². The van der Waals surface area contributed by atoms with Crippen molar-refractivity contribution in [2.75, 3.05) is 26.8 Å². The summed E-state index contributed by atoms with van der Waals surface area (Å²) in [4.78, 5) is 25.4. The first-order valence-electron chi connectivity index (χ1n) is 6.74. The number of rotatable bonds is 5. The lowest BCUT2D eigenvalue weighted by atomic mass is 10.1. The third-order valence-electron chi connectivity index (χ3n) is 3.36. The van der Waals surface area contributed by atoms with Crippen LogP contribution in [0, 0.1) is 0 Å². The van der Waals surface area contributed by atoms with Gasteiger partial charge in [0.05, 0.1) is 24.7 Å². The molecule has 1 unspecified atom stereocenters. The lowest BCUT2D eigenvalue weighted by Crippen LogP contribution is -2.44. The van der Waals surface area contributed by atoms with Crippen LogP contribution < -0.4 is 5.32 Å². The quantitative estimate of drug-likeness (QED) is 0.819. The molecule has 20 heavy (non-hydrogen) atoms. The molecule has 1 aromatic heterocycles. The van der Waals surface area contributed by atoms with Crippen molar-refractivity contribution in [2.45, 2.75) is 25.9 Å². The van der Waals surface area contributed by atoms with Crippen molar-refractivity contribution in [3.8, 4) is 0 Å². The summed E-state index contributed by atoms with van der Waals surface area (Å²) in [6.07, 6.45) is 2.01. The highest BCUT2D eigenvalue weighted by atomic mass is 16.5. The van der Waals surface area contributed by atoms with E-state index in [0.29, 0.717) is 26.1 Å². The molecule has 0 saturated heterocycles. The highest BCUT2D eigenvalue weighted by Gasteiger charge is 2.29. The number of aromatic nitrogens is 2. The number of nitrogens with one attached hydrogen (secondary N) is 1. The maximum absolute atomic E-state index is 12.1. The van der Waals surface area contributed by atoms with E-state index in [2.05, 4.69) is 10.4 Å². The maximum atomic E-state index is 12.1. The molecular formula is C13H20N4O3. The molecule has 0 saturated carbocycles. The van der Waals surface area contributed by atoms with Crippen LogP contribution in [0.2, 0.25) is 0 Å². The molecule has 1 N–H and O–H groups in total. The molecule has 2 rings (SSSR count). The largest absolute Gasteiger partial charge is 0.372 e. The van der Waals surface area contributed by atoms with Gasteiger partial charge in [0.15, 0.2) is 0 Å². The molecule has 0 fully saturated rings. The Kier molecular flexibility index (Phi) is 4.73. The first-order valence-corrected chi connectivity index (χ1v) is 6.74. The number of hydrogen-bond acceptors (Lipinski definition) is 4. The lowest BCUT2D eigenvalue weighted by molar-refractivity contribution is -0.138. The zero-order valence-electron chi connectivity index (χ0n) is 11.8. The Morgan fingerprint density at radius 3 is 3.05 bits per heavy atom. The number of ether oxygens (including phenoxy) is 1. The van der Waals surface area contributed by atoms with Crippen LogP contribution in [0.5, 0.6) is 0 Å². The minimum Gasteiger partial charge on any atom is -0.372 e. The minimum atomic E-state index is -0.126. The number of carbonyl (C=O) groups excluding carboxylic acids is 2.